The van der Waals surface area contributed by atoms with Gasteiger partial charge in [0.1, 0.15) is 0 Å². The van der Waals surface area contributed by atoms with Crippen LogP contribution in [0.3, 0.4) is 0 Å². The van der Waals surface area contributed by atoms with Crippen molar-refractivity contribution in [3.05, 3.63) is 62.8 Å². The molecule has 0 unspecified atom stereocenters. The predicted molar refractivity (Wildman–Crippen MR) is 97.1 cm³/mol. The summed E-state index contributed by atoms with van der Waals surface area (Å²) in [6, 6.07) is 7.67. The van der Waals surface area contributed by atoms with Crippen molar-refractivity contribution >= 4 is 22.9 Å². The van der Waals surface area contributed by atoms with Crippen molar-refractivity contribution < 1.29 is 0 Å². The van der Waals surface area contributed by atoms with Gasteiger partial charge < -0.3 is 0 Å². The minimum Gasteiger partial charge on any atom is -0.293 e. The number of halogens is 1. The average molecular weight is 357 g/mol. The number of rotatable bonds is 3. The first-order valence-corrected chi connectivity index (χ1v) is 9.17. The summed E-state index contributed by atoms with van der Waals surface area (Å²) in [5, 5.41) is 3.99. The first-order valence-electron chi connectivity index (χ1n) is 7.91. The minimum atomic E-state index is 0.727. The van der Waals surface area contributed by atoms with E-state index in [1.165, 1.54) is 5.56 Å². The fourth-order valence-electron chi connectivity index (χ4n) is 2.96. The summed E-state index contributed by atoms with van der Waals surface area (Å²) in [5.74, 6) is 0.772. The lowest BCUT2D eigenvalue weighted by atomic mass is 10.1. The van der Waals surface area contributed by atoms with E-state index in [0.29, 0.717) is 0 Å². The third-order valence-corrected chi connectivity index (χ3v) is 5.24. The van der Waals surface area contributed by atoms with Gasteiger partial charge in [-0.2, -0.15) is 0 Å². The molecule has 3 aromatic rings. The van der Waals surface area contributed by atoms with Crippen molar-refractivity contribution in [2.45, 2.75) is 26.4 Å². The Morgan fingerprint density at radius 3 is 2.79 bits per heavy atom. The molecular formula is C18H17ClN4S. The van der Waals surface area contributed by atoms with Crippen LogP contribution in [0.25, 0.3) is 11.4 Å². The number of thiazole rings is 1. The van der Waals surface area contributed by atoms with Gasteiger partial charge in [-0.1, -0.05) is 11.6 Å². The fourth-order valence-corrected chi connectivity index (χ4v) is 3.69. The van der Waals surface area contributed by atoms with Crippen molar-refractivity contribution in [2.75, 3.05) is 6.54 Å². The Bertz CT molecular complexity index is 860. The van der Waals surface area contributed by atoms with Gasteiger partial charge in [-0.25, -0.2) is 15.0 Å². The summed E-state index contributed by atoms with van der Waals surface area (Å²) in [5.41, 5.74) is 4.52. The second kappa shape index (κ2) is 6.59. The van der Waals surface area contributed by atoms with Crippen LogP contribution in [0.5, 0.6) is 0 Å². The largest absolute Gasteiger partial charge is 0.293 e. The second-order valence-electron chi connectivity index (χ2n) is 5.99. The van der Waals surface area contributed by atoms with Gasteiger partial charge >= 0.3 is 0 Å². The molecule has 4 nitrogen and oxygen atoms in total. The Morgan fingerprint density at radius 1 is 1.21 bits per heavy atom. The molecule has 0 saturated carbocycles. The summed E-state index contributed by atoms with van der Waals surface area (Å²) in [4.78, 5) is 16.3. The number of nitrogens with zero attached hydrogens (tertiary/aromatic N) is 4. The van der Waals surface area contributed by atoms with Crippen LogP contribution in [-0.2, 0) is 19.5 Å². The number of hydrogen-bond donors (Lipinski definition) is 0. The van der Waals surface area contributed by atoms with E-state index < -0.39 is 0 Å². The molecule has 0 radical (unpaired) electrons. The van der Waals surface area contributed by atoms with Crippen LogP contribution in [0.2, 0.25) is 5.02 Å². The molecule has 4 rings (SSSR count). The Morgan fingerprint density at radius 2 is 2.04 bits per heavy atom. The van der Waals surface area contributed by atoms with Crippen LogP contribution in [0.15, 0.2) is 35.8 Å². The Kier molecular flexibility index (Phi) is 4.31. The van der Waals surface area contributed by atoms with Gasteiger partial charge in [-0.05, 0) is 31.2 Å². The van der Waals surface area contributed by atoms with Gasteiger partial charge in [0.2, 0.25) is 0 Å². The highest BCUT2D eigenvalue weighted by atomic mass is 35.5. The normalized spacial score (nSPS) is 14.6. The van der Waals surface area contributed by atoms with Gasteiger partial charge in [0, 0.05) is 53.8 Å². The maximum absolute atomic E-state index is 5.95. The molecule has 0 saturated heterocycles. The molecule has 6 heteroatoms. The lowest BCUT2D eigenvalue weighted by Crippen LogP contribution is -2.31. The van der Waals surface area contributed by atoms with Crippen LogP contribution in [0, 0.1) is 6.92 Å². The maximum Gasteiger partial charge on any atom is 0.159 e. The predicted octanol–water partition coefficient (Wildman–Crippen LogP) is 4.12. The zero-order valence-electron chi connectivity index (χ0n) is 13.4. The van der Waals surface area contributed by atoms with Gasteiger partial charge in [0.15, 0.2) is 5.82 Å². The fraction of sp³-hybridized carbons (Fsp3) is 0.278. The molecule has 0 bridgehead atoms. The minimum absolute atomic E-state index is 0.727. The smallest absolute Gasteiger partial charge is 0.159 e. The molecule has 3 heterocycles. The molecule has 0 atom stereocenters. The topological polar surface area (TPSA) is 41.9 Å². The Labute approximate surface area is 150 Å². The van der Waals surface area contributed by atoms with E-state index in [1.54, 1.807) is 11.3 Å². The lowest BCUT2D eigenvalue weighted by Gasteiger charge is -2.27. The van der Waals surface area contributed by atoms with E-state index in [-0.39, 0.29) is 0 Å². The Hall–Kier alpha value is -1.82. The van der Waals surface area contributed by atoms with Crippen molar-refractivity contribution in [2.24, 2.45) is 0 Å². The summed E-state index contributed by atoms with van der Waals surface area (Å²) >= 11 is 7.66. The van der Waals surface area contributed by atoms with Gasteiger partial charge in [0.05, 0.1) is 16.4 Å². The molecular weight excluding hydrogens is 340 g/mol. The quantitative estimate of drug-likeness (QED) is 0.708. The monoisotopic (exact) mass is 356 g/mol. The molecule has 1 aliphatic rings. The summed E-state index contributed by atoms with van der Waals surface area (Å²) in [6.45, 7) is 4.82. The van der Waals surface area contributed by atoms with Crippen molar-refractivity contribution in [3.63, 3.8) is 0 Å². The molecule has 1 aromatic carbocycles. The summed E-state index contributed by atoms with van der Waals surface area (Å²) in [6.07, 6.45) is 2.91. The zero-order chi connectivity index (χ0) is 16.5. The van der Waals surface area contributed by atoms with E-state index in [0.717, 1.165) is 58.9 Å². The van der Waals surface area contributed by atoms with Crippen LogP contribution >= 0.6 is 22.9 Å². The Balaban J connectivity index is 1.52. The summed E-state index contributed by atoms with van der Waals surface area (Å²) in [7, 11) is 0. The van der Waals surface area contributed by atoms with Crippen LogP contribution in [0.4, 0.5) is 0 Å². The zero-order valence-corrected chi connectivity index (χ0v) is 14.9. The van der Waals surface area contributed by atoms with E-state index >= 15 is 0 Å². The molecule has 0 amide bonds. The van der Waals surface area contributed by atoms with E-state index in [9.17, 15) is 0 Å². The second-order valence-corrected chi connectivity index (χ2v) is 7.49. The highest BCUT2D eigenvalue weighted by molar-refractivity contribution is 7.09. The highest BCUT2D eigenvalue weighted by Crippen LogP contribution is 2.23. The standard InChI is InChI=1S/C18H17ClN4S/c1-12-21-16(11-24-12)10-23-7-6-17-14(9-23)8-20-18(22-17)13-2-4-15(19)5-3-13/h2-5,8,11H,6-7,9-10H2,1H3. The molecule has 0 spiro atoms. The van der Waals surface area contributed by atoms with Gasteiger partial charge in [0.25, 0.3) is 0 Å². The first kappa shape index (κ1) is 15.7. The van der Waals surface area contributed by atoms with Crippen LogP contribution in [-0.4, -0.2) is 26.4 Å². The number of aromatic nitrogens is 3. The van der Waals surface area contributed by atoms with E-state index in [4.69, 9.17) is 16.6 Å². The summed E-state index contributed by atoms with van der Waals surface area (Å²) < 4.78 is 0. The number of fused-ring (bicyclic) bond motifs is 1. The van der Waals surface area contributed by atoms with E-state index in [2.05, 4.69) is 20.2 Å². The van der Waals surface area contributed by atoms with Crippen molar-refractivity contribution in [1.29, 1.82) is 0 Å². The maximum atomic E-state index is 5.95. The first-order chi connectivity index (χ1) is 11.7. The number of benzene rings is 1. The molecule has 0 N–H and O–H groups in total. The third kappa shape index (κ3) is 3.34. The van der Waals surface area contributed by atoms with Crippen LogP contribution in [0.1, 0.15) is 22.0 Å². The molecule has 0 fully saturated rings. The highest BCUT2D eigenvalue weighted by Gasteiger charge is 2.19. The van der Waals surface area contributed by atoms with Crippen molar-refractivity contribution in [3.8, 4) is 11.4 Å². The van der Waals surface area contributed by atoms with Crippen molar-refractivity contribution in [1.82, 2.24) is 19.9 Å². The van der Waals surface area contributed by atoms with Crippen LogP contribution < -0.4 is 0 Å². The molecule has 2 aromatic heterocycles. The SMILES string of the molecule is Cc1nc(CN2CCc3nc(-c4ccc(Cl)cc4)ncc3C2)cs1. The average Bonchev–Trinajstić information content (AvgIpc) is 3.00. The van der Waals surface area contributed by atoms with Gasteiger partial charge in [-0.15, -0.1) is 11.3 Å². The molecule has 122 valence electrons. The number of aryl methyl sites for hydroxylation is 1. The third-order valence-electron chi connectivity index (χ3n) is 4.17. The molecule has 24 heavy (non-hydrogen) atoms. The molecule has 0 aliphatic carbocycles. The van der Waals surface area contributed by atoms with E-state index in [1.807, 2.05) is 37.4 Å². The molecule has 1 aliphatic heterocycles. The lowest BCUT2D eigenvalue weighted by molar-refractivity contribution is 0.240. The number of hydrogen-bond acceptors (Lipinski definition) is 5. The van der Waals surface area contributed by atoms with Gasteiger partial charge in [-0.3, -0.25) is 4.90 Å².